The predicted molar refractivity (Wildman–Crippen MR) is 80.1 cm³/mol. The number of fused-ring (bicyclic) bond motifs is 2. The van der Waals surface area contributed by atoms with Crippen LogP contribution in [0.2, 0.25) is 0 Å². The molecule has 0 fully saturated rings. The van der Waals surface area contributed by atoms with E-state index in [0.717, 1.165) is 0 Å². The second-order valence-electron chi connectivity index (χ2n) is 5.24. The van der Waals surface area contributed by atoms with E-state index in [1.54, 1.807) is 13.8 Å². The number of ketones is 1. The average Bonchev–Trinajstić information content (AvgIpc) is 2.41. The van der Waals surface area contributed by atoms with Crippen LogP contribution in [0.5, 0.6) is 0 Å². The zero-order chi connectivity index (χ0) is 15.5. The molecule has 0 radical (unpaired) electrons. The highest BCUT2D eigenvalue weighted by Crippen LogP contribution is 2.38. The summed E-state index contributed by atoms with van der Waals surface area (Å²) in [5, 5.41) is 0. The molecule has 1 heterocycles. The summed E-state index contributed by atoms with van der Waals surface area (Å²) in [6.45, 7) is 3.47. The van der Waals surface area contributed by atoms with E-state index in [9.17, 15) is 13.2 Å². The summed E-state index contributed by atoms with van der Waals surface area (Å²) in [5.41, 5.74) is 13.9. The summed E-state index contributed by atoms with van der Waals surface area (Å²) in [6, 6.07) is 5.74. The summed E-state index contributed by atoms with van der Waals surface area (Å²) >= 11 is 0. The van der Waals surface area contributed by atoms with Gasteiger partial charge in [0.2, 0.25) is 9.84 Å². The van der Waals surface area contributed by atoms with Gasteiger partial charge in [-0.15, -0.1) is 0 Å². The number of rotatable bonds is 0. The number of anilines is 2. The van der Waals surface area contributed by atoms with Crippen molar-refractivity contribution in [3.63, 3.8) is 0 Å². The highest BCUT2D eigenvalue weighted by molar-refractivity contribution is 7.91. The van der Waals surface area contributed by atoms with E-state index < -0.39 is 9.84 Å². The number of nitrogens with two attached hydrogens (primary N) is 2. The van der Waals surface area contributed by atoms with Crippen molar-refractivity contribution in [3.05, 3.63) is 46.5 Å². The van der Waals surface area contributed by atoms with Crippen LogP contribution in [0.25, 0.3) is 0 Å². The van der Waals surface area contributed by atoms with Crippen LogP contribution in [0.15, 0.2) is 34.1 Å². The zero-order valence-electron chi connectivity index (χ0n) is 11.6. The van der Waals surface area contributed by atoms with E-state index in [1.165, 1.54) is 24.3 Å². The molecule has 5 nitrogen and oxygen atoms in total. The van der Waals surface area contributed by atoms with Gasteiger partial charge in [-0.05, 0) is 49.2 Å². The molecule has 21 heavy (non-hydrogen) atoms. The Bertz CT molecular complexity index is 848. The number of carbonyl (C=O) groups is 1. The predicted octanol–water partition coefficient (Wildman–Crippen LogP) is 1.85. The molecule has 0 aromatic heterocycles. The van der Waals surface area contributed by atoms with Gasteiger partial charge in [-0.1, -0.05) is 0 Å². The number of hydrogen-bond donors (Lipinski definition) is 2. The second kappa shape index (κ2) is 4.08. The number of hydrogen-bond acceptors (Lipinski definition) is 5. The molecule has 0 amide bonds. The number of benzene rings is 2. The van der Waals surface area contributed by atoms with Gasteiger partial charge in [0.1, 0.15) is 0 Å². The third kappa shape index (κ3) is 1.76. The summed E-state index contributed by atoms with van der Waals surface area (Å²) in [6.07, 6.45) is 0. The summed E-state index contributed by atoms with van der Waals surface area (Å²) in [4.78, 5) is 12.5. The second-order valence-corrected chi connectivity index (χ2v) is 7.13. The Morgan fingerprint density at radius 3 is 1.57 bits per heavy atom. The fourth-order valence-corrected chi connectivity index (χ4v) is 4.15. The van der Waals surface area contributed by atoms with Gasteiger partial charge in [0.05, 0.1) is 9.79 Å². The van der Waals surface area contributed by atoms with Gasteiger partial charge < -0.3 is 11.5 Å². The maximum absolute atomic E-state index is 12.7. The third-order valence-electron chi connectivity index (χ3n) is 3.80. The van der Waals surface area contributed by atoms with Gasteiger partial charge >= 0.3 is 0 Å². The van der Waals surface area contributed by atoms with E-state index >= 15 is 0 Å². The summed E-state index contributed by atoms with van der Waals surface area (Å²) in [7, 11) is -3.79. The molecule has 3 rings (SSSR count). The zero-order valence-corrected chi connectivity index (χ0v) is 12.4. The monoisotopic (exact) mass is 302 g/mol. The van der Waals surface area contributed by atoms with Gasteiger partial charge in [-0.25, -0.2) is 8.42 Å². The van der Waals surface area contributed by atoms with Gasteiger partial charge in [0, 0.05) is 22.5 Å². The maximum atomic E-state index is 12.7. The lowest BCUT2D eigenvalue weighted by Crippen LogP contribution is -2.21. The fourth-order valence-electron chi connectivity index (χ4n) is 2.47. The molecule has 1 aliphatic rings. The summed E-state index contributed by atoms with van der Waals surface area (Å²) in [5.74, 6) is -0.318. The smallest absolute Gasteiger partial charge is 0.208 e. The first-order valence-electron chi connectivity index (χ1n) is 6.33. The standard InChI is InChI=1S/C15H14N2O3S/c1-7-3-9-13(5-11(7)16)21(19,20)14-6-12(17)8(2)4-10(14)15(9)18/h3-6H,16-17H2,1-2H3. The van der Waals surface area contributed by atoms with E-state index in [0.29, 0.717) is 22.5 Å². The van der Waals surface area contributed by atoms with Crippen molar-refractivity contribution in [3.8, 4) is 0 Å². The first-order chi connectivity index (χ1) is 9.73. The van der Waals surface area contributed by atoms with Crippen LogP contribution in [0.3, 0.4) is 0 Å². The van der Waals surface area contributed by atoms with Crippen molar-refractivity contribution >= 4 is 27.0 Å². The molecule has 4 N–H and O–H groups in total. The molecule has 0 atom stereocenters. The van der Waals surface area contributed by atoms with Gasteiger partial charge in [-0.2, -0.15) is 0 Å². The van der Waals surface area contributed by atoms with Gasteiger partial charge in [0.25, 0.3) is 0 Å². The lowest BCUT2D eigenvalue weighted by Gasteiger charge is -2.21. The Labute approximate surface area is 122 Å². The molecule has 6 heteroatoms. The lowest BCUT2D eigenvalue weighted by molar-refractivity contribution is 0.103. The lowest BCUT2D eigenvalue weighted by atomic mass is 9.98. The number of nitrogen functional groups attached to an aromatic ring is 2. The minimum absolute atomic E-state index is 0.0497. The Hall–Kier alpha value is -2.34. The van der Waals surface area contributed by atoms with Crippen molar-refractivity contribution < 1.29 is 13.2 Å². The van der Waals surface area contributed by atoms with Crippen molar-refractivity contribution in [2.45, 2.75) is 23.6 Å². The maximum Gasteiger partial charge on any atom is 0.208 e. The highest BCUT2D eigenvalue weighted by Gasteiger charge is 2.35. The van der Waals surface area contributed by atoms with Crippen LogP contribution in [-0.2, 0) is 9.84 Å². The summed E-state index contributed by atoms with van der Waals surface area (Å²) < 4.78 is 25.4. The molecule has 0 spiro atoms. The first-order valence-corrected chi connectivity index (χ1v) is 7.82. The van der Waals surface area contributed by atoms with Crippen molar-refractivity contribution in [2.24, 2.45) is 0 Å². The Balaban J connectivity index is 2.44. The molecule has 0 bridgehead atoms. The fraction of sp³-hybridized carbons (Fsp3) is 0.133. The van der Waals surface area contributed by atoms with Crippen LogP contribution in [0, 0.1) is 13.8 Å². The van der Waals surface area contributed by atoms with Crippen molar-refractivity contribution in [1.82, 2.24) is 0 Å². The number of sulfone groups is 1. The van der Waals surface area contributed by atoms with Gasteiger partial charge in [0.15, 0.2) is 5.78 Å². The van der Waals surface area contributed by atoms with E-state index in [2.05, 4.69) is 0 Å². The molecule has 2 aromatic rings. The van der Waals surface area contributed by atoms with Crippen molar-refractivity contribution in [1.29, 1.82) is 0 Å². The van der Waals surface area contributed by atoms with E-state index in [4.69, 9.17) is 11.5 Å². The first kappa shape index (κ1) is 13.6. The molecule has 2 aromatic carbocycles. The Morgan fingerprint density at radius 2 is 1.19 bits per heavy atom. The normalized spacial score (nSPS) is 15.4. The molecule has 0 saturated carbocycles. The third-order valence-corrected chi connectivity index (χ3v) is 5.64. The highest BCUT2D eigenvalue weighted by atomic mass is 32.2. The van der Waals surface area contributed by atoms with Gasteiger partial charge in [-0.3, -0.25) is 4.79 Å². The minimum atomic E-state index is -3.79. The number of carbonyl (C=O) groups excluding carboxylic acids is 1. The molecule has 1 aliphatic heterocycles. The van der Waals surface area contributed by atoms with E-state index in [1.807, 2.05) is 0 Å². The molecule has 108 valence electrons. The van der Waals surface area contributed by atoms with Crippen LogP contribution >= 0.6 is 0 Å². The van der Waals surface area contributed by atoms with Crippen LogP contribution in [-0.4, -0.2) is 14.2 Å². The molecule has 0 aliphatic carbocycles. The van der Waals surface area contributed by atoms with Crippen molar-refractivity contribution in [2.75, 3.05) is 11.5 Å². The average molecular weight is 302 g/mol. The van der Waals surface area contributed by atoms with Crippen LogP contribution in [0.1, 0.15) is 27.0 Å². The Kier molecular flexibility index (Phi) is 2.65. The minimum Gasteiger partial charge on any atom is -0.398 e. The molecule has 0 saturated heterocycles. The number of aryl methyl sites for hydroxylation is 2. The van der Waals surface area contributed by atoms with Crippen LogP contribution < -0.4 is 11.5 Å². The molecular weight excluding hydrogens is 288 g/mol. The molecular formula is C15H14N2O3S. The molecule has 0 unspecified atom stereocenters. The SMILES string of the molecule is Cc1cc2c(cc1N)S(=O)(=O)c1cc(N)c(C)cc1C2=O. The van der Waals surface area contributed by atoms with E-state index in [-0.39, 0.29) is 26.7 Å². The Morgan fingerprint density at radius 1 is 0.810 bits per heavy atom. The topological polar surface area (TPSA) is 103 Å². The van der Waals surface area contributed by atoms with Crippen LogP contribution in [0.4, 0.5) is 11.4 Å². The quantitative estimate of drug-likeness (QED) is 0.617. The largest absolute Gasteiger partial charge is 0.398 e.